The number of carbonyl (C=O) groups excluding carboxylic acids is 2. The minimum atomic E-state index is -0.144. The lowest BCUT2D eigenvalue weighted by Crippen LogP contribution is -2.29. The minimum absolute atomic E-state index is 0.142. The van der Waals surface area contributed by atoms with Gasteiger partial charge in [-0.25, -0.2) is 0 Å². The number of ether oxygens (including phenoxy) is 3. The van der Waals surface area contributed by atoms with Gasteiger partial charge in [-0.1, -0.05) is 36.1 Å². The summed E-state index contributed by atoms with van der Waals surface area (Å²) in [6.07, 6.45) is 2.56. The van der Waals surface area contributed by atoms with Gasteiger partial charge in [-0.15, -0.1) is 0 Å². The molecule has 0 bridgehead atoms. The number of amides is 2. The van der Waals surface area contributed by atoms with Crippen LogP contribution >= 0.6 is 24.0 Å². The second kappa shape index (κ2) is 9.40. The molecule has 2 amide bonds. The second-order valence-corrected chi connectivity index (χ2v) is 8.51. The van der Waals surface area contributed by atoms with Gasteiger partial charge in [-0.2, -0.15) is 0 Å². The summed E-state index contributed by atoms with van der Waals surface area (Å²) in [5, 5.41) is 2.83. The molecule has 4 rings (SSSR count). The average molecular weight is 457 g/mol. The molecule has 1 fully saturated rings. The molecule has 0 aromatic heterocycles. The van der Waals surface area contributed by atoms with Crippen LogP contribution in [0, 0.1) is 0 Å². The molecule has 2 aliphatic heterocycles. The first-order chi connectivity index (χ1) is 15.0. The molecule has 1 saturated heterocycles. The van der Waals surface area contributed by atoms with Crippen LogP contribution in [-0.4, -0.2) is 41.5 Å². The molecule has 0 saturated carbocycles. The first-order valence-electron chi connectivity index (χ1n) is 9.62. The van der Waals surface area contributed by atoms with Gasteiger partial charge in [0.05, 0.1) is 12.0 Å². The molecule has 1 N–H and O–H groups in total. The van der Waals surface area contributed by atoms with Gasteiger partial charge in [0.1, 0.15) is 10.1 Å². The van der Waals surface area contributed by atoms with E-state index in [2.05, 4.69) is 5.32 Å². The Labute approximate surface area is 189 Å². The fourth-order valence-electron chi connectivity index (χ4n) is 3.17. The highest BCUT2D eigenvalue weighted by Gasteiger charge is 2.31. The van der Waals surface area contributed by atoms with Gasteiger partial charge in [0, 0.05) is 24.7 Å². The number of anilines is 1. The standard InChI is InChI=1S/C22H20N2O5S2/c1-27-16-5-2-4-14(10-16)11-19-21(26)24(22(30)31-19)9-3-6-20(25)23-15-7-8-17-18(12-15)29-13-28-17/h2,4-5,7-8,10-12H,3,6,9,13H2,1H3,(H,23,25). The lowest BCUT2D eigenvalue weighted by molar-refractivity contribution is -0.122. The van der Waals surface area contributed by atoms with E-state index in [1.807, 2.05) is 24.3 Å². The van der Waals surface area contributed by atoms with E-state index >= 15 is 0 Å². The molecule has 0 aliphatic carbocycles. The number of nitrogens with zero attached hydrogens (tertiary/aromatic N) is 1. The molecule has 31 heavy (non-hydrogen) atoms. The molecule has 160 valence electrons. The molecular weight excluding hydrogens is 436 g/mol. The predicted molar refractivity (Wildman–Crippen MR) is 123 cm³/mol. The van der Waals surface area contributed by atoms with Crippen molar-refractivity contribution in [3.63, 3.8) is 0 Å². The number of hydrogen-bond acceptors (Lipinski definition) is 7. The quantitative estimate of drug-likeness (QED) is 0.498. The summed E-state index contributed by atoms with van der Waals surface area (Å²) in [5.41, 5.74) is 1.50. The van der Waals surface area contributed by atoms with E-state index in [1.54, 1.807) is 36.3 Å². The Balaban J connectivity index is 1.30. The smallest absolute Gasteiger partial charge is 0.266 e. The summed E-state index contributed by atoms with van der Waals surface area (Å²) < 4.78 is 16.3. The summed E-state index contributed by atoms with van der Waals surface area (Å²) in [7, 11) is 1.60. The Hall–Kier alpha value is -3.04. The van der Waals surface area contributed by atoms with Crippen LogP contribution in [0.5, 0.6) is 17.2 Å². The molecule has 0 spiro atoms. The van der Waals surface area contributed by atoms with Crippen molar-refractivity contribution in [2.75, 3.05) is 25.8 Å². The number of thiocarbonyl (C=S) groups is 1. The van der Waals surface area contributed by atoms with E-state index in [9.17, 15) is 9.59 Å². The molecule has 7 nitrogen and oxygen atoms in total. The molecule has 2 aromatic rings. The van der Waals surface area contributed by atoms with Gasteiger partial charge in [0.25, 0.3) is 5.91 Å². The highest BCUT2D eigenvalue weighted by molar-refractivity contribution is 8.26. The fraction of sp³-hybridized carbons (Fsp3) is 0.227. The molecule has 0 unspecified atom stereocenters. The third-order valence-electron chi connectivity index (χ3n) is 4.71. The molecule has 9 heteroatoms. The molecular formula is C22H20N2O5S2. The first kappa shape index (κ1) is 21.2. The normalized spacial score (nSPS) is 16.2. The summed E-state index contributed by atoms with van der Waals surface area (Å²) in [6.45, 7) is 0.567. The van der Waals surface area contributed by atoms with Crippen molar-refractivity contribution < 1.29 is 23.8 Å². The zero-order valence-electron chi connectivity index (χ0n) is 16.8. The number of fused-ring (bicyclic) bond motifs is 1. The third kappa shape index (κ3) is 5.00. The lowest BCUT2D eigenvalue weighted by Gasteiger charge is -2.14. The van der Waals surface area contributed by atoms with Crippen molar-refractivity contribution in [3.05, 3.63) is 52.9 Å². The summed E-state index contributed by atoms with van der Waals surface area (Å²) in [4.78, 5) is 27.1. The number of methoxy groups -OCH3 is 1. The second-order valence-electron chi connectivity index (χ2n) is 6.83. The number of carbonyl (C=O) groups is 2. The Morgan fingerprint density at radius 1 is 1.26 bits per heavy atom. The van der Waals surface area contributed by atoms with Crippen LogP contribution in [0.2, 0.25) is 0 Å². The van der Waals surface area contributed by atoms with Crippen LogP contribution in [-0.2, 0) is 9.59 Å². The average Bonchev–Trinajstić information content (AvgIpc) is 3.33. The van der Waals surface area contributed by atoms with Crippen molar-refractivity contribution in [2.45, 2.75) is 12.8 Å². The van der Waals surface area contributed by atoms with E-state index < -0.39 is 0 Å². The largest absolute Gasteiger partial charge is 0.497 e. The topological polar surface area (TPSA) is 77.1 Å². The van der Waals surface area contributed by atoms with Crippen LogP contribution in [0.1, 0.15) is 18.4 Å². The number of hydrogen-bond donors (Lipinski definition) is 1. The SMILES string of the molecule is COc1cccc(C=C2SC(=S)N(CCCC(=O)Nc3ccc4c(c3)OCO4)C2=O)c1. The maximum atomic E-state index is 12.7. The number of thioether (sulfide) groups is 1. The molecule has 2 heterocycles. The first-order valence-corrected chi connectivity index (χ1v) is 10.8. The van der Waals surface area contributed by atoms with Gasteiger partial charge < -0.3 is 19.5 Å². The van der Waals surface area contributed by atoms with Crippen LogP contribution in [0.25, 0.3) is 6.08 Å². The van der Waals surface area contributed by atoms with E-state index in [4.69, 9.17) is 26.4 Å². The monoisotopic (exact) mass is 456 g/mol. The Bertz CT molecular complexity index is 1070. The van der Waals surface area contributed by atoms with Crippen molar-refractivity contribution in [3.8, 4) is 17.2 Å². The molecule has 2 aliphatic rings. The summed E-state index contributed by atoms with van der Waals surface area (Å²) in [5.74, 6) is 1.70. The van der Waals surface area contributed by atoms with Crippen molar-refractivity contribution in [1.82, 2.24) is 4.90 Å². The maximum absolute atomic E-state index is 12.7. The summed E-state index contributed by atoms with van der Waals surface area (Å²) in [6, 6.07) is 12.7. The van der Waals surface area contributed by atoms with Crippen LogP contribution < -0.4 is 19.5 Å². The van der Waals surface area contributed by atoms with Gasteiger partial charge in [0.15, 0.2) is 11.5 Å². The van der Waals surface area contributed by atoms with E-state index in [1.165, 1.54) is 11.8 Å². The number of nitrogens with one attached hydrogen (secondary N) is 1. The maximum Gasteiger partial charge on any atom is 0.266 e. The van der Waals surface area contributed by atoms with E-state index in [-0.39, 0.29) is 25.0 Å². The third-order valence-corrected chi connectivity index (χ3v) is 6.08. The number of benzene rings is 2. The van der Waals surface area contributed by atoms with Crippen LogP contribution in [0.3, 0.4) is 0 Å². The van der Waals surface area contributed by atoms with Crippen LogP contribution in [0.15, 0.2) is 47.4 Å². The van der Waals surface area contributed by atoms with Crippen LogP contribution in [0.4, 0.5) is 5.69 Å². The fourth-order valence-corrected chi connectivity index (χ4v) is 4.48. The zero-order chi connectivity index (χ0) is 21.8. The summed E-state index contributed by atoms with van der Waals surface area (Å²) >= 11 is 6.63. The zero-order valence-corrected chi connectivity index (χ0v) is 18.4. The molecule has 0 atom stereocenters. The van der Waals surface area contributed by atoms with Gasteiger partial charge >= 0.3 is 0 Å². The number of rotatable bonds is 7. The highest BCUT2D eigenvalue weighted by atomic mass is 32.2. The van der Waals surface area contributed by atoms with Crippen molar-refractivity contribution in [2.24, 2.45) is 0 Å². The van der Waals surface area contributed by atoms with Gasteiger partial charge in [-0.3, -0.25) is 14.5 Å². The Morgan fingerprint density at radius 2 is 2.10 bits per heavy atom. The highest BCUT2D eigenvalue weighted by Crippen LogP contribution is 2.35. The Kier molecular flexibility index (Phi) is 6.43. The molecule has 2 aromatic carbocycles. The van der Waals surface area contributed by atoms with Crippen molar-refractivity contribution >= 4 is 51.9 Å². The van der Waals surface area contributed by atoms with E-state index in [0.29, 0.717) is 39.4 Å². The predicted octanol–water partition coefficient (Wildman–Crippen LogP) is 4.04. The van der Waals surface area contributed by atoms with Gasteiger partial charge in [0.2, 0.25) is 12.7 Å². The minimum Gasteiger partial charge on any atom is -0.497 e. The molecule has 0 radical (unpaired) electrons. The van der Waals surface area contributed by atoms with Crippen molar-refractivity contribution in [1.29, 1.82) is 0 Å². The lowest BCUT2D eigenvalue weighted by atomic mass is 10.2. The van der Waals surface area contributed by atoms with E-state index in [0.717, 1.165) is 11.3 Å². The Morgan fingerprint density at radius 3 is 2.94 bits per heavy atom. The van der Waals surface area contributed by atoms with Gasteiger partial charge in [-0.05, 0) is 42.3 Å².